The van der Waals surface area contributed by atoms with Crippen LogP contribution in [0.25, 0.3) is 0 Å². The van der Waals surface area contributed by atoms with Crippen molar-refractivity contribution in [1.29, 1.82) is 0 Å². The Bertz CT molecular complexity index is 816. The maximum absolute atomic E-state index is 12.5. The zero-order chi connectivity index (χ0) is 19.4. The van der Waals surface area contributed by atoms with Crippen molar-refractivity contribution >= 4 is 11.6 Å². The number of alkyl halides is 2. The number of fused-ring (bicyclic) bond motifs is 1. The third-order valence-corrected chi connectivity index (χ3v) is 4.27. The molecule has 3 rings (SSSR count). The first-order valence-corrected chi connectivity index (χ1v) is 8.37. The molecule has 0 aromatic heterocycles. The van der Waals surface area contributed by atoms with Gasteiger partial charge in [0.05, 0.1) is 11.7 Å². The first-order valence-electron chi connectivity index (χ1n) is 8.37. The standard InChI is InChI=1S/C19H20F2N2O4/c1-12(18(24)22-14-5-3-4-6-15(14)27-19(20)21)23(2)10-13-7-8-16-17(9-13)26-11-25-16/h3-9,12,19H,10-11H2,1-2H3,(H,22,24)/t12-/m0/s1. The van der Waals surface area contributed by atoms with Crippen LogP contribution in [0.5, 0.6) is 17.2 Å². The van der Waals surface area contributed by atoms with Crippen molar-refractivity contribution in [2.24, 2.45) is 0 Å². The van der Waals surface area contributed by atoms with E-state index in [1.807, 2.05) is 23.1 Å². The van der Waals surface area contributed by atoms with Crippen molar-refractivity contribution < 1.29 is 27.8 Å². The lowest BCUT2D eigenvalue weighted by atomic mass is 10.1. The smallest absolute Gasteiger partial charge is 0.387 e. The Morgan fingerprint density at radius 1 is 1.22 bits per heavy atom. The normalized spacial score (nSPS) is 13.7. The first kappa shape index (κ1) is 18.9. The molecule has 0 unspecified atom stereocenters. The summed E-state index contributed by atoms with van der Waals surface area (Å²) in [7, 11) is 1.80. The van der Waals surface area contributed by atoms with Gasteiger partial charge in [-0.2, -0.15) is 8.78 Å². The largest absolute Gasteiger partial charge is 0.454 e. The summed E-state index contributed by atoms with van der Waals surface area (Å²) < 4.78 is 40.1. The quantitative estimate of drug-likeness (QED) is 0.799. The molecule has 0 fully saturated rings. The molecule has 0 bridgehead atoms. The van der Waals surface area contributed by atoms with Crippen LogP contribution in [0.4, 0.5) is 14.5 Å². The van der Waals surface area contributed by atoms with Crippen LogP contribution in [0.15, 0.2) is 42.5 Å². The topological polar surface area (TPSA) is 60.0 Å². The molecule has 0 saturated carbocycles. The Kier molecular flexibility index (Phi) is 5.75. The molecule has 1 atom stereocenters. The van der Waals surface area contributed by atoms with Gasteiger partial charge in [-0.3, -0.25) is 9.69 Å². The van der Waals surface area contributed by atoms with Crippen LogP contribution in [0.1, 0.15) is 12.5 Å². The average molecular weight is 378 g/mol. The van der Waals surface area contributed by atoms with Gasteiger partial charge in [0, 0.05) is 6.54 Å². The van der Waals surface area contributed by atoms with Crippen molar-refractivity contribution in [3.8, 4) is 17.2 Å². The lowest BCUT2D eigenvalue weighted by Gasteiger charge is -2.24. The Balaban J connectivity index is 1.63. The number of benzene rings is 2. The first-order chi connectivity index (χ1) is 12.9. The number of rotatable bonds is 7. The van der Waals surface area contributed by atoms with E-state index in [0.717, 1.165) is 5.56 Å². The highest BCUT2D eigenvalue weighted by molar-refractivity contribution is 5.95. The van der Waals surface area contributed by atoms with Gasteiger partial charge in [-0.15, -0.1) is 0 Å². The van der Waals surface area contributed by atoms with Crippen LogP contribution in [0, 0.1) is 0 Å². The minimum Gasteiger partial charge on any atom is -0.454 e. The zero-order valence-electron chi connectivity index (χ0n) is 14.9. The number of para-hydroxylation sites is 2. The van der Waals surface area contributed by atoms with Gasteiger partial charge in [0.15, 0.2) is 11.5 Å². The van der Waals surface area contributed by atoms with Gasteiger partial charge in [-0.05, 0) is 43.8 Å². The molecule has 8 heteroatoms. The molecule has 0 saturated heterocycles. The number of likely N-dealkylation sites (N-methyl/N-ethyl adjacent to an activating group) is 1. The summed E-state index contributed by atoms with van der Waals surface area (Å²) in [6.07, 6.45) is 0. The predicted molar refractivity (Wildman–Crippen MR) is 95.2 cm³/mol. The summed E-state index contributed by atoms with van der Waals surface area (Å²) >= 11 is 0. The molecule has 1 heterocycles. The third kappa shape index (κ3) is 4.65. The van der Waals surface area contributed by atoms with Gasteiger partial charge in [0.1, 0.15) is 5.75 Å². The summed E-state index contributed by atoms with van der Waals surface area (Å²) in [5, 5.41) is 2.64. The van der Waals surface area contributed by atoms with E-state index in [1.165, 1.54) is 12.1 Å². The number of halogens is 2. The average Bonchev–Trinajstić information content (AvgIpc) is 3.10. The minimum absolute atomic E-state index is 0.0773. The van der Waals surface area contributed by atoms with Gasteiger partial charge in [-0.1, -0.05) is 18.2 Å². The van der Waals surface area contributed by atoms with E-state index in [0.29, 0.717) is 18.0 Å². The number of amides is 1. The van der Waals surface area contributed by atoms with E-state index in [1.54, 1.807) is 26.1 Å². The number of hydrogen-bond donors (Lipinski definition) is 1. The van der Waals surface area contributed by atoms with Gasteiger partial charge in [-0.25, -0.2) is 0 Å². The number of nitrogens with zero attached hydrogens (tertiary/aromatic N) is 1. The van der Waals surface area contributed by atoms with Crippen molar-refractivity contribution in [3.63, 3.8) is 0 Å². The molecule has 1 amide bonds. The second-order valence-corrected chi connectivity index (χ2v) is 6.14. The molecule has 1 N–H and O–H groups in total. The molecular weight excluding hydrogens is 358 g/mol. The molecule has 144 valence electrons. The van der Waals surface area contributed by atoms with E-state index >= 15 is 0 Å². The summed E-state index contributed by atoms with van der Waals surface area (Å²) in [6, 6.07) is 11.2. The molecule has 0 aliphatic carbocycles. The number of ether oxygens (including phenoxy) is 3. The van der Waals surface area contributed by atoms with Crippen LogP contribution < -0.4 is 19.5 Å². The van der Waals surface area contributed by atoms with Crippen molar-refractivity contribution in [1.82, 2.24) is 4.90 Å². The highest BCUT2D eigenvalue weighted by atomic mass is 19.3. The Labute approximate surface area is 155 Å². The summed E-state index contributed by atoms with van der Waals surface area (Å²) in [6.45, 7) is -0.526. The molecule has 1 aliphatic heterocycles. The lowest BCUT2D eigenvalue weighted by molar-refractivity contribution is -0.120. The fourth-order valence-corrected chi connectivity index (χ4v) is 2.67. The number of anilines is 1. The van der Waals surface area contributed by atoms with E-state index in [2.05, 4.69) is 10.1 Å². The molecule has 27 heavy (non-hydrogen) atoms. The Morgan fingerprint density at radius 2 is 1.96 bits per heavy atom. The molecule has 2 aromatic carbocycles. The van der Waals surface area contributed by atoms with Gasteiger partial charge >= 0.3 is 6.61 Å². The molecule has 2 aromatic rings. The van der Waals surface area contributed by atoms with Gasteiger partial charge in [0.2, 0.25) is 12.7 Å². The molecular formula is C19H20F2N2O4. The van der Waals surface area contributed by atoms with Crippen molar-refractivity contribution in [3.05, 3.63) is 48.0 Å². The predicted octanol–water partition coefficient (Wildman–Crippen LogP) is 3.48. The molecule has 6 nitrogen and oxygen atoms in total. The minimum atomic E-state index is -2.96. The van der Waals surface area contributed by atoms with E-state index < -0.39 is 12.7 Å². The van der Waals surface area contributed by atoms with Crippen LogP contribution >= 0.6 is 0 Å². The van der Waals surface area contributed by atoms with E-state index in [-0.39, 0.29) is 24.1 Å². The van der Waals surface area contributed by atoms with Crippen LogP contribution in [0.3, 0.4) is 0 Å². The highest BCUT2D eigenvalue weighted by Crippen LogP contribution is 2.33. The zero-order valence-corrected chi connectivity index (χ0v) is 14.9. The van der Waals surface area contributed by atoms with E-state index in [9.17, 15) is 13.6 Å². The molecule has 0 radical (unpaired) electrons. The SMILES string of the molecule is C[C@@H](C(=O)Nc1ccccc1OC(F)F)N(C)Cc1ccc2c(c1)OCO2. The summed E-state index contributed by atoms with van der Waals surface area (Å²) in [5.41, 5.74) is 1.16. The van der Waals surface area contributed by atoms with E-state index in [4.69, 9.17) is 9.47 Å². The number of nitrogens with one attached hydrogen (secondary N) is 1. The van der Waals surface area contributed by atoms with Crippen molar-refractivity contribution in [2.75, 3.05) is 19.2 Å². The Morgan fingerprint density at radius 3 is 2.74 bits per heavy atom. The fourth-order valence-electron chi connectivity index (χ4n) is 2.67. The maximum atomic E-state index is 12.5. The summed E-state index contributed by atoms with van der Waals surface area (Å²) in [5.74, 6) is 0.967. The molecule has 0 spiro atoms. The number of carbonyl (C=O) groups excluding carboxylic acids is 1. The number of hydrogen-bond acceptors (Lipinski definition) is 5. The summed E-state index contributed by atoms with van der Waals surface area (Å²) in [4.78, 5) is 14.4. The van der Waals surface area contributed by atoms with Gasteiger partial charge < -0.3 is 19.5 Å². The monoisotopic (exact) mass is 378 g/mol. The van der Waals surface area contributed by atoms with Gasteiger partial charge in [0.25, 0.3) is 0 Å². The third-order valence-electron chi connectivity index (χ3n) is 4.27. The fraction of sp³-hybridized carbons (Fsp3) is 0.316. The van der Waals surface area contributed by atoms with Crippen molar-refractivity contribution in [2.45, 2.75) is 26.1 Å². The molecule has 1 aliphatic rings. The maximum Gasteiger partial charge on any atom is 0.387 e. The Hall–Kier alpha value is -2.87. The lowest BCUT2D eigenvalue weighted by Crippen LogP contribution is -2.39. The second-order valence-electron chi connectivity index (χ2n) is 6.14. The second kappa shape index (κ2) is 8.22. The van der Waals surface area contributed by atoms with Crippen LogP contribution in [0.2, 0.25) is 0 Å². The van der Waals surface area contributed by atoms with Crippen LogP contribution in [-0.2, 0) is 11.3 Å². The number of carbonyl (C=O) groups is 1. The highest BCUT2D eigenvalue weighted by Gasteiger charge is 2.21. The van der Waals surface area contributed by atoms with Crippen LogP contribution in [-0.4, -0.2) is 37.3 Å².